The molecular weight excluding hydrogens is 353 g/mol. The van der Waals surface area contributed by atoms with Crippen LogP contribution in [0.5, 0.6) is 0 Å². The fraction of sp³-hybridized carbons (Fsp3) is 0. The molecule has 2 aromatic rings. The van der Waals surface area contributed by atoms with Gasteiger partial charge in [-0.15, -0.1) is 0 Å². The van der Waals surface area contributed by atoms with Gasteiger partial charge in [-0.3, -0.25) is 5.41 Å². The summed E-state index contributed by atoms with van der Waals surface area (Å²) in [5.74, 6) is -2.38. The van der Waals surface area contributed by atoms with E-state index in [-0.39, 0.29) is 25.7 Å². The van der Waals surface area contributed by atoms with E-state index in [1.165, 1.54) is 18.2 Å². The summed E-state index contributed by atoms with van der Waals surface area (Å²) in [6.45, 7) is 0. The zero-order valence-electron chi connectivity index (χ0n) is 9.88. The van der Waals surface area contributed by atoms with Gasteiger partial charge in [0.2, 0.25) is 0 Å². The third kappa shape index (κ3) is 2.99. The molecule has 2 aromatic carbocycles. The van der Waals surface area contributed by atoms with Crippen LogP contribution < -0.4 is 5.73 Å². The summed E-state index contributed by atoms with van der Waals surface area (Å²) in [4.78, 5) is 0.250. The Hall–Kier alpha value is -1.47. The van der Waals surface area contributed by atoms with Gasteiger partial charge in [0.15, 0.2) is 5.82 Å². The van der Waals surface area contributed by atoms with Gasteiger partial charge in [-0.2, -0.15) is 0 Å². The molecule has 0 amide bonds. The van der Waals surface area contributed by atoms with Crippen molar-refractivity contribution in [2.45, 2.75) is 9.79 Å². The molecule has 3 N–H and O–H groups in total. The molecule has 2 nitrogen and oxygen atoms in total. The van der Waals surface area contributed by atoms with Crippen LogP contribution in [0.1, 0.15) is 5.56 Å². The van der Waals surface area contributed by atoms with E-state index >= 15 is 0 Å². The highest BCUT2D eigenvalue weighted by atomic mass is 79.9. The van der Waals surface area contributed by atoms with Crippen LogP contribution in [-0.2, 0) is 0 Å². The van der Waals surface area contributed by atoms with Crippen LogP contribution in [0.4, 0.5) is 13.2 Å². The maximum absolute atomic E-state index is 14.1. The van der Waals surface area contributed by atoms with Crippen molar-refractivity contribution in [3.8, 4) is 0 Å². The standard InChI is InChI=1S/C13H8BrF3N2S/c14-11-7(13(18)19)2-4-10(12(11)17)20-9-3-1-6(15)5-8(9)16/h1-5H,(H3,18,19). The lowest BCUT2D eigenvalue weighted by molar-refractivity contribution is 0.565. The van der Waals surface area contributed by atoms with Gasteiger partial charge in [0.05, 0.1) is 4.47 Å². The number of nitrogens with one attached hydrogen (secondary N) is 1. The Morgan fingerprint density at radius 3 is 2.35 bits per heavy atom. The Morgan fingerprint density at radius 2 is 1.75 bits per heavy atom. The maximum atomic E-state index is 14.1. The number of amidine groups is 1. The summed E-state index contributed by atoms with van der Waals surface area (Å²) in [5.41, 5.74) is 5.52. The second-order valence-corrected chi connectivity index (χ2v) is 5.71. The minimum absolute atomic E-state index is 0.0394. The highest BCUT2D eigenvalue weighted by Gasteiger charge is 2.15. The minimum Gasteiger partial charge on any atom is -0.384 e. The highest BCUT2D eigenvalue weighted by Crippen LogP contribution is 2.35. The molecule has 0 heterocycles. The zero-order chi connectivity index (χ0) is 14.9. The van der Waals surface area contributed by atoms with E-state index in [4.69, 9.17) is 11.1 Å². The van der Waals surface area contributed by atoms with Crippen LogP contribution in [-0.4, -0.2) is 5.84 Å². The number of rotatable bonds is 3. The van der Waals surface area contributed by atoms with Crippen molar-refractivity contribution < 1.29 is 13.2 Å². The second kappa shape index (κ2) is 5.88. The molecule has 104 valence electrons. The van der Waals surface area contributed by atoms with E-state index in [9.17, 15) is 13.2 Å². The molecule has 0 unspecified atom stereocenters. The van der Waals surface area contributed by atoms with Gasteiger partial charge in [0.1, 0.15) is 17.5 Å². The molecule has 20 heavy (non-hydrogen) atoms. The lowest BCUT2D eigenvalue weighted by Crippen LogP contribution is -2.12. The van der Waals surface area contributed by atoms with Crippen LogP contribution in [0, 0.1) is 22.9 Å². The second-order valence-electron chi connectivity index (χ2n) is 3.83. The number of halogens is 4. The van der Waals surface area contributed by atoms with Crippen LogP contribution in [0.25, 0.3) is 0 Å². The van der Waals surface area contributed by atoms with Gasteiger partial charge in [-0.25, -0.2) is 13.2 Å². The van der Waals surface area contributed by atoms with Crippen molar-refractivity contribution in [3.63, 3.8) is 0 Å². The molecule has 7 heteroatoms. The molecule has 0 aliphatic heterocycles. The summed E-state index contributed by atoms with van der Waals surface area (Å²) in [6, 6.07) is 5.92. The third-order valence-corrected chi connectivity index (χ3v) is 4.31. The molecule has 0 spiro atoms. The molecule has 0 aliphatic carbocycles. The van der Waals surface area contributed by atoms with Gasteiger partial charge >= 0.3 is 0 Å². The molecule has 0 radical (unpaired) electrons. The highest BCUT2D eigenvalue weighted by molar-refractivity contribution is 9.10. The smallest absolute Gasteiger partial charge is 0.152 e. The van der Waals surface area contributed by atoms with Crippen molar-refractivity contribution in [1.29, 1.82) is 5.41 Å². The van der Waals surface area contributed by atoms with E-state index in [0.717, 1.165) is 23.9 Å². The average Bonchev–Trinajstić information content (AvgIpc) is 2.37. The molecule has 2 rings (SSSR count). The average molecular weight is 361 g/mol. The summed E-state index contributed by atoms with van der Waals surface area (Å²) in [6.07, 6.45) is 0. The Morgan fingerprint density at radius 1 is 1.10 bits per heavy atom. The first-order chi connectivity index (χ1) is 9.40. The summed E-state index contributed by atoms with van der Waals surface area (Å²) in [7, 11) is 0. The maximum Gasteiger partial charge on any atom is 0.152 e. The van der Waals surface area contributed by atoms with Gasteiger partial charge in [-0.1, -0.05) is 11.8 Å². The molecule has 0 aliphatic rings. The van der Waals surface area contributed by atoms with E-state index in [2.05, 4.69) is 15.9 Å². The van der Waals surface area contributed by atoms with Gasteiger partial charge in [0.25, 0.3) is 0 Å². The normalized spacial score (nSPS) is 10.6. The van der Waals surface area contributed by atoms with Crippen LogP contribution >= 0.6 is 27.7 Å². The first kappa shape index (κ1) is 14.9. The molecule has 0 bridgehead atoms. The van der Waals surface area contributed by atoms with Crippen molar-refractivity contribution in [1.82, 2.24) is 0 Å². The predicted octanol–water partition coefficient (Wildman–Crippen LogP) is 4.30. The van der Waals surface area contributed by atoms with Gasteiger partial charge < -0.3 is 5.73 Å². The van der Waals surface area contributed by atoms with E-state index in [1.807, 2.05) is 0 Å². The summed E-state index contributed by atoms with van der Waals surface area (Å²) in [5, 5.41) is 7.29. The van der Waals surface area contributed by atoms with Crippen LogP contribution in [0.3, 0.4) is 0 Å². The Bertz CT molecular complexity index is 692. The lowest BCUT2D eigenvalue weighted by atomic mass is 10.2. The minimum atomic E-state index is -0.763. The fourth-order valence-electron chi connectivity index (χ4n) is 1.50. The van der Waals surface area contributed by atoms with Crippen LogP contribution in [0.2, 0.25) is 0 Å². The van der Waals surface area contributed by atoms with E-state index in [1.54, 1.807) is 0 Å². The molecule has 0 atom stereocenters. The Labute approximate surface area is 125 Å². The first-order valence-corrected chi connectivity index (χ1v) is 6.96. The fourth-order valence-corrected chi connectivity index (χ4v) is 3.04. The molecule has 0 saturated carbocycles. The molecule has 0 aromatic heterocycles. The number of hydrogen-bond acceptors (Lipinski definition) is 2. The van der Waals surface area contributed by atoms with Crippen molar-refractivity contribution in [3.05, 3.63) is 57.8 Å². The van der Waals surface area contributed by atoms with Gasteiger partial charge in [0, 0.05) is 21.4 Å². The lowest BCUT2D eigenvalue weighted by Gasteiger charge is -2.09. The topological polar surface area (TPSA) is 49.9 Å². The molecule has 0 saturated heterocycles. The molecular formula is C13H8BrF3N2S. The molecule has 0 fully saturated rings. The Kier molecular flexibility index (Phi) is 4.39. The predicted molar refractivity (Wildman–Crippen MR) is 75.6 cm³/mol. The quantitative estimate of drug-likeness (QED) is 0.633. The van der Waals surface area contributed by atoms with E-state index < -0.39 is 17.5 Å². The van der Waals surface area contributed by atoms with Crippen molar-refractivity contribution >= 4 is 33.5 Å². The van der Waals surface area contributed by atoms with Crippen molar-refractivity contribution in [2.24, 2.45) is 5.73 Å². The monoisotopic (exact) mass is 360 g/mol. The summed E-state index contributed by atoms with van der Waals surface area (Å²) < 4.78 is 40.5. The number of nitrogens with two attached hydrogens (primary N) is 1. The van der Waals surface area contributed by atoms with Crippen molar-refractivity contribution in [2.75, 3.05) is 0 Å². The summed E-state index contributed by atoms with van der Waals surface area (Å²) >= 11 is 3.84. The Balaban J connectivity index is 2.39. The van der Waals surface area contributed by atoms with Gasteiger partial charge in [-0.05, 0) is 40.2 Å². The number of nitrogen functional groups attached to an aromatic ring is 1. The third-order valence-electron chi connectivity index (χ3n) is 2.45. The number of benzene rings is 2. The zero-order valence-corrected chi connectivity index (χ0v) is 12.3. The van der Waals surface area contributed by atoms with Crippen LogP contribution in [0.15, 0.2) is 44.6 Å². The first-order valence-electron chi connectivity index (χ1n) is 5.35. The number of hydrogen-bond donors (Lipinski definition) is 2. The largest absolute Gasteiger partial charge is 0.384 e. The SMILES string of the molecule is N=C(N)c1ccc(Sc2ccc(F)cc2F)c(F)c1Br. The van der Waals surface area contributed by atoms with E-state index in [0.29, 0.717) is 0 Å².